The first-order valence-electron chi connectivity index (χ1n) is 8.91. The molecule has 0 aliphatic heterocycles. The van der Waals surface area contributed by atoms with Crippen molar-refractivity contribution in [3.05, 3.63) is 82.9 Å². The van der Waals surface area contributed by atoms with Crippen LogP contribution in [0.2, 0.25) is 0 Å². The van der Waals surface area contributed by atoms with Crippen molar-refractivity contribution in [2.75, 3.05) is 16.3 Å². The molecule has 0 fully saturated rings. The molecule has 4 rings (SSSR count). The molecule has 3 aromatic carbocycles. The van der Waals surface area contributed by atoms with Crippen molar-refractivity contribution in [1.29, 1.82) is 0 Å². The third-order valence-electron chi connectivity index (χ3n) is 4.78. The molecule has 0 heterocycles. The average Bonchev–Trinajstić information content (AvgIpc) is 2.96. The molecule has 0 saturated carbocycles. The van der Waals surface area contributed by atoms with Gasteiger partial charge in [0.25, 0.3) is 5.91 Å². The van der Waals surface area contributed by atoms with Crippen LogP contribution in [0.25, 0.3) is 11.1 Å². The molecule has 0 spiro atoms. The van der Waals surface area contributed by atoms with Gasteiger partial charge >= 0.3 is 0 Å². The first kappa shape index (κ1) is 18.9. The van der Waals surface area contributed by atoms with Gasteiger partial charge in [0.1, 0.15) is 0 Å². The van der Waals surface area contributed by atoms with Crippen LogP contribution in [-0.4, -0.2) is 26.4 Å². The number of hydrogen-bond acceptors (Lipinski definition) is 4. The zero-order chi connectivity index (χ0) is 20.8. The smallest absolute Gasteiger partial charge is 0.255 e. The zero-order valence-electron chi connectivity index (χ0n) is 15.8. The van der Waals surface area contributed by atoms with Crippen molar-refractivity contribution in [3.63, 3.8) is 0 Å². The first-order chi connectivity index (χ1) is 13.7. The Morgan fingerprint density at radius 1 is 0.862 bits per heavy atom. The number of rotatable bonds is 4. The van der Waals surface area contributed by atoms with Crippen molar-refractivity contribution < 1.29 is 18.0 Å². The molecule has 0 saturated heterocycles. The molecule has 0 radical (unpaired) electrons. The van der Waals surface area contributed by atoms with E-state index in [1.165, 1.54) is 0 Å². The number of carbonyl (C=O) groups is 2. The molecule has 6 nitrogen and oxygen atoms in total. The Morgan fingerprint density at radius 3 is 2.28 bits per heavy atom. The van der Waals surface area contributed by atoms with Crippen LogP contribution in [0.1, 0.15) is 31.8 Å². The van der Waals surface area contributed by atoms with Crippen LogP contribution < -0.4 is 10.0 Å². The van der Waals surface area contributed by atoms with E-state index in [2.05, 4.69) is 10.0 Å². The summed E-state index contributed by atoms with van der Waals surface area (Å²) in [5.41, 5.74) is 4.74. The van der Waals surface area contributed by atoms with Crippen molar-refractivity contribution in [3.8, 4) is 11.1 Å². The number of anilines is 2. The number of aryl methyl sites for hydroxylation is 1. The Kier molecular flexibility index (Phi) is 4.47. The van der Waals surface area contributed by atoms with E-state index in [1.54, 1.807) is 49.4 Å². The maximum Gasteiger partial charge on any atom is 0.255 e. The molecular weight excluding hydrogens is 388 g/mol. The molecule has 0 atom stereocenters. The molecule has 7 heteroatoms. The summed E-state index contributed by atoms with van der Waals surface area (Å²) < 4.78 is 25.4. The van der Waals surface area contributed by atoms with Crippen molar-refractivity contribution in [1.82, 2.24) is 0 Å². The van der Waals surface area contributed by atoms with Gasteiger partial charge in [0.2, 0.25) is 10.0 Å². The number of ketones is 1. The van der Waals surface area contributed by atoms with E-state index >= 15 is 0 Å². The molecule has 1 aliphatic carbocycles. The Morgan fingerprint density at radius 2 is 1.55 bits per heavy atom. The maximum atomic E-state index is 12.7. The lowest BCUT2D eigenvalue weighted by Crippen LogP contribution is -2.14. The lowest BCUT2D eigenvalue weighted by molar-refractivity contribution is 0.102. The minimum absolute atomic E-state index is 0.0970. The topological polar surface area (TPSA) is 92.3 Å². The van der Waals surface area contributed by atoms with Crippen LogP contribution >= 0.6 is 0 Å². The minimum Gasteiger partial charge on any atom is -0.322 e. The summed E-state index contributed by atoms with van der Waals surface area (Å²) in [6.07, 6.45) is 1.07. The number of fused-ring (bicyclic) bond motifs is 3. The highest BCUT2D eigenvalue weighted by Crippen LogP contribution is 2.36. The molecule has 3 aromatic rings. The fraction of sp³-hybridized carbons (Fsp3) is 0.0909. The van der Waals surface area contributed by atoms with Gasteiger partial charge in [-0.05, 0) is 47.9 Å². The molecule has 0 unspecified atom stereocenters. The maximum absolute atomic E-state index is 12.7. The second kappa shape index (κ2) is 6.86. The van der Waals surface area contributed by atoms with E-state index < -0.39 is 10.0 Å². The van der Waals surface area contributed by atoms with Crippen molar-refractivity contribution in [2.24, 2.45) is 0 Å². The third kappa shape index (κ3) is 3.64. The van der Waals surface area contributed by atoms with E-state index in [0.717, 1.165) is 22.9 Å². The molecule has 146 valence electrons. The Hall–Kier alpha value is -3.45. The Labute approximate surface area is 168 Å². The molecule has 0 aromatic heterocycles. The van der Waals surface area contributed by atoms with Crippen LogP contribution in [0.3, 0.4) is 0 Å². The summed E-state index contributed by atoms with van der Waals surface area (Å²) in [7, 11) is -3.44. The van der Waals surface area contributed by atoms with Gasteiger partial charge in [0.15, 0.2) is 5.78 Å². The van der Waals surface area contributed by atoms with Crippen LogP contribution in [0.15, 0.2) is 60.7 Å². The van der Waals surface area contributed by atoms with E-state index in [1.807, 2.05) is 18.2 Å². The van der Waals surface area contributed by atoms with Crippen LogP contribution in [0, 0.1) is 6.92 Å². The van der Waals surface area contributed by atoms with Gasteiger partial charge in [0, 0.05) is 22.4 Å². The van der Waals surface area contributed by atoms with Gasteiger partial charge in [0.05, 0.1) is 11.9 Å². The highest BCUT2D eigenvalue weighted by molar-refractivity contribution is 7.92. The Balaban J connectivity index is 1.61. The number of benzene rings is 3. The fourth-order valence-corrected chi connectivity index (χ4v) is 4.00. The van der Waals surface area contributed by atoms with Crippen molar-refractivity contribution in [2.45, 2.75) is 6.92 Å². The van der Waals surface area contributed by atoms with Gasteiger partial charge < -0.3 is 5.32 Å². The lowest BCUT2D eigenvalue weighted by Gasteiger charge is -2.11. The zero-order valence-corrected chi connectivity index (χ0v) is 16.6. The quantitative estimate of drug-likeness (QED) is 0.539. The number of amides is 1. The second-order valence-electron chi connectivity index (χ2n) is 6.99. The number of carbonyl (C=O) groups excluding carboxylic acids is 2. The average molecular weight is 406 g/mol. The highest BCUT2D eigenvalue weighted by Gasteiger charge is 2.27. The SMILES string of the molecule is Cc1ccc(NC(=O)c2ccc3c(c2)C(=O)c2ccccc2-3)cc1NS(C)(=O)=O. The summed E-state index contributed by atoms with van der Waals surface area (Å²) in [5, 5.41) is 2.75. The predicted octanol–water partition coefficient (Wildman–Crippen LogP) is 3.83. The van der Waals surface area contributed by atoms with Crippen molar-refractivity contribution >= 4 is 33.1 Å². The molecule has 29 heavy (non-hydrogen) atoms. The van der Waals surface area contributed by atoms with Gasteiger partial charge in [-0.2, -0.15) is 0 Å². The predicted molar refractivity (Wildman–Crippen MR) is 113 cm³/mol. The normalized spacial score (nSPS) is 12.3. The largest absolute Gasteiger partial charge is 0.322 e. The van der Waals surface area contributed by atoms with Crippen LogP contribution in [0.4, 0.5) is 11.4 Å². The molecule has 1 amide bonds. The molecule has 1 aliphatic rings. The minimum atomic E-state index is -3.44. The summed E-state index contributed by atoms with van der Waals surface area (Å²) in [5.74, 6) is -0.481. The molecule has 2 N–H and O–H groups in total. The Bertz CT molecular complexity index is 1280. The van der Waals surface area contributed by atoms with E-state index in [0.29, 0.717) is 28.1 Å². The molecular formula is C22H18N2O4S. The van der Waals surface area contributed by atoms with E-state index in [-0.39, 0.29) is 11.7 Å². The second-order valence-corrected chi connectivity index (χ2v) is 8.74. The number of nitrogens with one attached hydrogen (secondary N) is 2. The van der Waals surface area contributed by atoms with E-state index in [9.17, 15) is 18.0 Å². The van der Waals surface area contributed by atoms with E-state index in [4.69, 9.17) is 0 Å². The summed E-state index contributed by atoms with van der Waals surface area (Å²) in [6.45, 7) is 1.77. The van der Waals surface area contributed by atoms with Gasteiger partial charge in [-0.3, -0.25) is 14.3 Å². The van der Waals surface area contributed by atoms with Crippen LogP contribution in [-0.2, 0) is 10.0 Å². The first-order valence-corrected chi connectivity index (χ1v) is 10.8. The van der Waals surface area contributed by atoms with Crippen LogP contribution in [0.5, 0.6) is 0 Å². The van der Waals surface area contributed by atoms with Gasteiger partial charge in [-0.25, -0.2) is 8.42 Å². The lowest BCUT2D eigenvalue weighted by atomic mass is 10.0. The highest BCUT2D eigenvalue weighted by atomic mass is 32.2. The summed E-state index contributed by atoms with van der Waals surface area (Å²) >= 11 is 0. The standard InChI is InChI=1S/C22H18N2O4S/c1-13-7-9-15(12-20(13)24-29(2,27)28)23-22(26)14-8-10-17-16-5-3-4-6-18(16)21(25)19(17)11-14/h3-12,24H,1-2H3,(H,23,26). The summed E-state index contributed by atoms with van der Waals surface area (Å²) in [4.78, 5) is 25.4. The molecule has 0 bridgehead atoms. The summed E-state index contributed by atoms with van der Waals surface area (Å²) in [6, 6.07) is 17.4. The van der Waals surface area contributed by atoms with Gasteiger partial charge in [-0.15, -0.1) is 0 Å². The van der Waals surface area contributed by atoms with Gasteiger partial charge in [-0.1, -0.05) is 36.4 Å². The number of sulfonamides is 1. The monoisotopic (exact) mass is 406 g/mol. The fourth-order valence-electron chi connectivity index (χ4n) is 3.38. The third-order valence-corrected chi connectivity index (χ3v) is 5.37. The number of hydrogen-bond donors (Lipinski definition) is 2.